The smallest absolute Gasteiger partial charge is 0.147 e. The van der Waals surface area contributed by atoms with Gasteiger partial charge >= 0.3 is 0 Å². The van der Waals surface area contributed by atoms with Crippen molar-refractivity contribution in [3.63, 3.8) is 0 Å². The number of aromatic nitrogens is 3. The number of halogens is 1. The van der Waals surface area contributed by atoms with Crippen LogP contribution in [0.15, 0.2) is 54.9 Å². The van der Waals surface area contributed by atoms with Crippen LogP contribution in [0, 0.1) is 17.1 Å². The maximum absolute atomic E-state index is 14.5. The van der Waals surface area contributed by atoms with Crippen LogP contribution in [0.1, 0.15) is 5.69 Å². The molecule has 0 aliphatic heterocycles. The number of hydrogen-bond donors (Lipinski definition) is 1. The van der Waals surface area contributed by atoms with E-state index in [-0.39, 0.29) is 0 Å². The van der Waals surface area contributed by atoms with Gasteiger partial charge in [0.05, 0.1) is 25.4 Å². The molecule has 31 heavy (non-hydrogen) atoms. The van der Waals surface area contributed by atoms with Crippen LogP contribution >= 0.6 is 0 Å². The Morgan fingerprint density at radius 3 is 2.74 bits per heavy atom. The fraction of sp³-hybridized carbons (Fsp3) is 0.174. The summed E-state index contributed by atoms with van der Waals surface area (Å²) in [5.41, 5.74) is 2.36. The van der Waals surface area contributed by atoms with Gasteiger partial charge in [-0.05, 0) is 30.3 Å². The number of benzene rings is 2. The molecule has 0 spiro atoms. The maximum atomic E-state index is 14.5. The molecule has 0 aliphatic carbocycles. The topological polar surface area (TPSA) is 85.0 Å². The lowest BCUT2D eigenvalue weighted by molar-refractivity contribution is 0.415. The van der Waals surface area contributed by atoms with E-state index in [1.165, 1.54) is 19.5 Å². The van der Waals surface area contributed by atoms with Crippen LogP contribution in [0.3, 0.4) is 0 Å². The largest absolute Gasteiger partial charge is 0.497 e. The Morgan fingerprint density at radius 1 is 1.10 bits per heavy atom. The third-order valence-electron chi connectivity index (χ3n) is 4.98. The molecule has 156 valence electrons. The van der Waals surface area contributed by atoms with Crippen LogP contribution in [-0.4, -0.2) is 35.3 Å². The zero-order valence-corrected chi connectivity index (χ0v) is 17.1. The number of fused-ring (bicyclic) bond motifs is 1. The molecule has 2 heterocycles. The van der Waals surface area contributed by atoms with Gasteiger partial charge in [0.2, 0.25) is 0 Å². The van der Waals surface area contributed by atoms with Crippen molar-refractivity contribution in [3.05, 3.63) is 66.4 Å². The van der Waals surface area contributed by atoms with E-state index in [1.54, 1.807) is 23.8 Å². The first-order valence-electron chi connectivity index (χ1n) is 9.60. The summed E-state index contributed by atoms with van der Waals surface area (Å²) in [4.78, 5) is 8.58. The highest BCUT2D eigenvalue weighted by atomic mass is 19.1. The number of anilines is 1. The first-order chi connectivity index (χ1) is 15.1. The van der Waals surface area contributed by atoms with Gasteiger partial charge in [-0.25, -0.2) is 14.4 Å². The second-order valence-corrected chi connectivity index (χ2v) is 6.75. The number of rotatable bonds is 7. The van der Waals surface area contributed by atoms with Gasteiger partial charge in [0.25, 0.3) is 0 Å². The average molecular weight is 417 g/mol. The van der Waals surface area contributed by atoms with Crippen molar-refractivity contribution in [2.45, 2.75) is 6.54 Å². The van der Waals surface area contributed by atoms with Crippen molar-refractivity contribution < 1.29 is 13.9 Å². The van der Waals surface area contributed by atoms with E-state index in [1.807, 2.05) is 30.3 Å². The zero-order chi connectivity index (χ0) is 21.8. The van der Waals surface area contributed by atoms with Gasteiger partial charge in [-0.2, -0.15) is 5.26 Å². The van der Waals surface area contributed by atoms with Crippen molar-refractivity contribution in [1.29, 1.82) is 5.26 Å². The van der Waals surface area contributed by atoms with Gasteiger partial charge in [0.1, 0.15) is 41.2 Å². The highest BCUT2D eigenvalue weighted by Crippen LogP contribution is 2.31. The highest BCUT2D eigenvalue weighted by Gasteiger charge is 2.16. The van der Waals surface area contributed by atoms with Gasteiger partial charge in [-0.3, -0.25) is 0 Å². The molecule has 0 aliphatic rings. The van der Waals surface area contributed by atoms with Gasteiger partial charge in [-0.15, -0.1) is 0 Å². The Kier molecular flexibility index (Phi) is 5.67. The molecule has 0 saturated heterocycles. The van der Waals surface area contributed by atoms with Crippen LogP contribution in [0.5, 0.6) is 11.5 Å². The van der Waals surface area contributed by atoms with Gasteiger partial charge in [0.15, 0.2) is 0 Å². The summed E-state index contributed by atoms with van der Waals surface area (Å²) in [6, 6.07) is 16.1. The van der Waals surface area contributed by atoms with E-state index in [9.17, 15) is 9.65 Å². The summed E-state index contributed by atoms with van der Waals surface area (Å²) in [5.74, 6) is 1.49. The molecule has 0 atom stereocenters. The molecule has 0 fully saturated rings. The van der Waals surface area contributed by atoms with Crippen molar-refractivity contribution >= 4 is 16.7 Å². The Bertz CT molecular complexity index is 1280. The van der Waals surface area contributed by atoms with E-state index in [0.717, 1.165) is 17.0 Å². The van der Waals surface area contributed by atoms with Crippen LogP contribution in [-0.2, 0) is 6.54 Å². The molecule has 4 rings (SSSR count). The monoisotopic (exact) mass is 417 g/mol. The molecule has 0 bridgehead atoms. The molecular weight excluding hydrogens is 397 g/mol. The molecule has 2 aromatic carbocycles. The Morgan fingerprint density at radius 2 is 1.97 bits per heavy atom. The highest BCUT2D eigenvalue weighted by molar-refractivity contribution is 5.88. The molecule has 0 unspecified atom stereocenters. The van der Waals surface area contributed by atoms with E-state index in [2.05, 4.69) is 21.4 Å². The molecule has 1 N–H and O–H groups in total. The molecule has 0 radical (unpaired) electrons. The van der Waals surface area contributed by atoms with E-state index in [4.69, 9.17) is 9.47 Å². The summed E-state index contributed by atoms with van der Waals surface area (Å²) < 4.78 is 26.7. The molecule has 0 saturated carbocycles. The first-order valence-corrected chi connectivity index (χ1v) is 9.60. The SMILES string of the molecule is COc1cccc(-c2cc(NCCn3c(C#N)cc4c(OC)ccc(F)c43)ncn2)c1. The predicted octanol–water partition coefficient (Wildman–Crippen LogP) is 4.24. The second-order valence-electron chi connectivity index (χ2n) is 6.75. The third-order valence-corrected chi connectivity index (χ3v) is 4.98. The fourth-order valence-corrected chi connectivity index (χ4v) is 3.50. The summed E-state index contributed by atoms with van der Waals surface area (Å²) >= 11 is 0. The van der Waals surface area contributed by atoms with Crippen molar-refractivity contribution in [3.8, 4) is 28.8 Å². The van der Waals surface area contributed by atoms with Crippen LogP contribution in [0.25, 0.3) is 22.2 Å². The number of nitrogens with one attached hydrogen (secondary N) is 1. The lowest BCUT2D eigenvalue weighted by Crippen LogP contribution is -2.13. The number of hydrogen-bond acceptors (Lipinski definition) is 6. The van der Waals surface area contributed by atoms with Gasteiger partial charge in [-0.1, -0.05) is 12.1 Å². The lowest BCUT2D eigenvalue weighted by atomic mass is 10.1. The number of nitrogens with zero attached hydrogens (tertiary/aromatic N) is 4. The summed E-state index contributed by atoms with van der Waals surface area (Å²) in [6.45, 7) is 0.804. The lowest BCUT2D eigenvalue weighted by Gasteiger charge is -2.11. The summed E-state index contributed by atoms with van der Waals surface area (Å²) in [5, 5.41) is 13.3. The number of ether oxygens (including phenoxy) is 2. The Hall–Kier alpha value is -4.12. The second kappa shape index (κ2) is 8.71. The minimum atomic E-state index is -0.403. The third kappa shape index (κ3) is 3.98. The van der Waals surface area contributed by atoms with Crippen molar-refractivity contribution in [1.82, 2.24) is 14.5 Å². The Balaban J connectivity index is 1.55. The minimum Gasteiger partial charge on any atom is -0.497 e. The standard InChI is InChI=1S/C23H20FN5O2/c1-30-17-5-3-4-15(10-17)20-12-22(28-14-27-20)26-8-9-29-16(13-25)11-18-21(31-2)7-6-19(24)23(18)29/h3-7,10-12,14H,8-9H2,1-2H3,(H,26,27,28). The molecular formula is C23H20FN5O2. The van der Waals surface area contributed by atoms with E-state index in [0.29, 0.717) is 41.3 Å². The molecule has 7 nitrogen and oxygen atoms in total. The van der Waals surface area contributed by atoms with Gasteiger partial charge < -0.3 is 19.4 Å². The van der Waals surface area contributed by atoms with Crippen LogP contribution in [0.4, 0.5) is 10.2 Å². The average Bonchev–Trinajstić information content (AvgIpc) is 3.19. The maximum Gasteiger partial charge on any atom is 0.147 e. The first kappa shape index (κ1) is 20.2. The van der Waals surface area contributed by atoms with Crippen molar-refractivity contribution in [2.24, 2.45) is 0 Å². The van der Waals surface area contributed by atoms with Crippen molar-refractivity contribution in [2.75, 3.05) is 26.1 Å². The van der Waals surface area contributed by atoms with E-state index >= 15 is 0 Å². The fourth-order valence-electron chi connectivity index (χ4n) is 3.50. The normalized spacial score (nSPS) is 10.6. The quantitative estimate of drug-likeness (QED) is 0.484. The molecule has 8 heteroatoms. The zero-order valence-electron chi connectivity index (χ0n) is 17.1. The molecule has 0 amide bonds. The molecule has 4 aromatic rings. The summed E-state index contributed by atoms with van der Waals surface area (Å²) in [7, 11) is 3.14. The number of nitriles is 1. The summed E-state index contributed by atoms with van der Waals surface area (Å²) in [6.07, 6.45) is 1.48. The minimum absolute atomic E-state index is 0.345. The van der Waals surface area contributed by atoms with Gasteiger partial charge in [0, 0.05) is 30.1 Å². The molecule has 2 aromatic heterocycles. The van der Waals surface area contributed by atoms with Crippen LogP contribution in [0.2, 0.25) is 0 Å². The number of methoxy groups -OCH3 is 2. The predicted molar refractivity (Wildman–Crippen MR) is 116 cm³/mol. The van der Waals surface area contributed by atoms with E-state index < -0.39 is 5.82 Å². The Labute approximate surface area is 178 Å². The van der Waals surface area contributed by atoms with Crippen LogP contribution < -0.4 is 14.8 Å².